The van der Waals surface area contributed by atoms with E-state index in [0.29, 0.717) is 6.42 Å². The molecule has 7 heteroatoms. The van der Waals surface area contributed by atoms with Crippen LogP contribution in [0.1, 0.15) is 45.6 Å². The Morgan fingerprint density at radius 3 is 2.83 bits per heavy atom. The molecule has 2 unspecified atom stereocenters. The van der Waals surface area contributed by atoms with E-state index in [-0.39, 0.29) is 17.4 Å². The summed E-state index contributed by atoms with van der Waals surface area (Å²) in [6, 6.07) is 8.40. The number of allylic oxidation sites excluding steroid dienone is 2. The number of ketones is 1. The maximum atomic E-state index is 13.5. The summed E-state index contributed by atoms with van der Waals surface area (Å²) >= 11 is 0. The minimum atomic E-state index is -0.537. The second kappa shape index (κ2) is 6.45. The maximum Gasteiger partial charge on any atom is 0.164 e. The fourth-order valence-electron chi connectivity index (χ4n) is 5.39. The Labute approximate surface area is 176 Å². The molecule has 2 atom stereocenters. The van der Waals surface area contributed by atoms with Gasteiger partial charge in [-0.1, -0.05) is 44.2 Å². The van der Waals surface area contributed by atoms with Crippen molar-refractivity contribution in [1.82, 2.24) is 20.3 Å². The number of Topliss-reactive ketones (excluding diaryl/α,β-unsaturated/α-hetero) is 1. The predicted molar refractivity (Wildman–Crippen MR) is 113 cm³/mol. The fourth-order valence-corrected chi connectivity index (χ4v) is 5.39. The van der Waals surface area contributed by atoms with Crippen molar-refractivity contribution in [2.24, 2.45) is 22.7 Å². The summed E-state index contributed by atoms with van der Waals surface area (Å²) in [6.45, 7) is 6.46. The lowest BCUT2D eigenvalue weighted by atomic mass is 9.58. The lowest BCUT2D eigenvalue weighted by molar-refractivity contribution is -0.119. The largest absolute Gasteiger partial charge is 0.362 e. The summed E-state index contributed by atoms with van der Waals surface area (Å²) in [4.78, 5) is 13.5. The van der Waals surface area contributed by atoms with Gasteiger partial charge in [-0.2, -0.15) is 10.2 Å². The van der Waals surface area contributed by atoms with Gasteiger partial charge in [-0.05, 0) is 29.9 Å². The SMILES string of the molecule is CCC1(c2cccc(-c3cnnn3C)c2)C2=CN=NC2NC2=C1C(=O)CC(C)(C)C2. The quantitative estimate of drug-likeness (QED) is 0.839. The van der Waals surface area contributed by atoms with Crippen molar-refractivity contribution >= 4 is 5.78 Å². The first-order chi connectivity index (χ1) is 14.4. The number of carbonyl (C=O) groups excluding carboxylic acids is 1. The number of azo groups is 1. The van der Waals surface area contributed by atoms with Crippen LogP contribution in [0.15, 0.2) is 63.7 Å². The Kier molecular flexibility index (Phi) is 4.07. The molecule has 0 fully saturated rings. The first-order valence-corrected chi connectivity index (χ1v) is 10.5. The Morgan fingerprint density at radius 2 is 2.10 bits per heavy atom. The number of carbonyl (C=O) groups is 1. The molecule has 0 amide bonds. The van der Waals surface area contributed by atoms with E-state index >= 15 is 0 Å². The van der Waals surface area contributed by atoms with Crippen LogP contribution in [0.4, 0.5) is 0 Å². The molecule has 3 heterocycles. The fraction of sp³-hybridized carbons (Fsp3) is 0.435. The zero-order valence-electron chi connectivity index (χ0n) is 17.8. The van der Waals surface area contributed by atoms with E-state index in [1.807, 2.05) is 19.3 Å². The van der Waals surface area contributed by atoms with Gasteiger partial charge in [-0.25, -0.2) is 4.68 Å². The molecule has 2 aromatic rings. The normalized spacial score (nSPS) is 26.9. The van der Waals surface area contributed by atoms with Gasteiger partial charge >= 0.3 is 0 Å². The summed E-state index contributed by atoms with van der Waals surface area (Å²) in [6.07, 6.45) is 5.54. The highest BCUT2D eigenvalue weighted by Crippen LogP contribution is 2.53. The van der Waals surface area contributed by atoms with E-state index in [9.17, 15) is 4.79 Å². The Hall–Kier alpha value is -3.09. The van der Waals surface area contributed by atoms with Crippen LogP contribution in [0, 0.1) is 5.41 Å². The average molecular weight is 403 g/mol. The summed E-state index contributed by atoms with van der Waals surface area (Å²) in [5.41, 5.74) is 5.42. The van der Waals surface area contributed by atoms with Gasteiger partial charge in [-0.15, -0.1) is 5.10 Å². The minimum Gasteiger partial charge on any atom is -0.362 e. The molecule has 0 saturated heterocycles. The molecule has 1 aromatic heterocycles. The minimum absolute atomic E-state index is 0.0679. The Morgan fingerprint density at radius 1 is 1.27 bits per heavy atom. The second-order valence-corrected chi connectivity index (χ2v) is 9.24. The van der Waals surface area contributed by atoms with Gasteiger partial charge in [0.05, 0.1) is 23.5 Å². The zero-order valence-corrected chi connectivity index (χ0v) is 17.8. The summed E-state index contributed by atoms with van der Waals surface area (Å²) in [5, 5.41) is 20.3. The van der Waals surface area contributed by atoms with Crippen LogP contribution in [-0.2, 0) is 17.3 Å². The van der Waals surface area contributed by atoms with Crippen molar-refractivity contribution in [2.75, 3.05) is 0 Å². The van der Waals surface area contributed by atoms with Crippen LogP contribution in [0.3, 0.4) is 0 Å². The number of nitrogens with one attached hydrogen (secondary N) is 1. The number of aryl methyl sites for hydroxylation is 1. The van der Waals surface area contributed by atoms with Crippen LogP contribution in [0.5, 0.6) is 0 Å². The van der Waals surface area contributed by atoms with Gasteiger partial charge < -0.3 is 5.32 Å². The molecule has 0 spiro atoms. The predicted octanol–water partition coefficient (Wildman–Crippen LogP) is 4.05. The van der Waals surface area contributed by atoms with Gasteiger partial charge in [-0.3, -0.25) is 4.79 Å². The van der Waals surface area contributed by atoms with Gasteiger partial charge in [0.1, 0.15) is 0 Å². The molecule has 7 nitrogen and oxygen atoms in total. The van der Waals surface area contributed by atoms with Gasteiger partial charge in [0, 0.05) is 35.9 Å². The molecule has 0 radical (unpaired) electrons. The highest BCUT2D eigenvalue weighted by atomic mass is 16.1. The van der Waals surface area contributed by atoms with E-state index < -0.39 is 5.41 Å². The van der Waals surface area contributed by atoms with Crippen molar-refractivity contribution in [3.05, 3.63) is 59.1 Å². The van der Waals surface area contributed by atoms with E-state index in [0.717, 1.165) is 46.5 Å². The number of rotatable bonds is 3. The zero-order chi connectivity index (χ0) is 21.1. The van der Waals surface area contributed by atoms with Crippen LogP contribution in [0.2, 0.25) is 0 Å². The second-order valence-electron chi connectivity index (χ2n) is 9.24. The summed E-state index contributed by atoms with van der Waals surface area (Å²) in [7, 11) is 1.88. The van der Waals surface area contributed by atoms with Crippen LogP contribution < -0.4 is 5.32 Å². The molecule has 1 aromatic carbocycles. The van der Waals surface area contributed by atoms with Crippen molar-refractivity contribution in [2.45, 2.75) is 51.6 Å². The van der Waals surface area contributed by atoms with Gasteiger partial charge in [0.15, 0.2) is 11.9 Å². The van der Waals surface area contributed by atoms with Crippen LogP contribution >= 0.6 is 0 Å². The van der Waals surface area contributed by atoms with E-state index in [4.69, 9.17) is 0 Å². The van der Waals surface area contributed by atoms with E-state index in [1.165, 1.54) is 0 Å². The lowest BCUT2D eigenvalue weighted by Crippen LogP contribution is -2.51. The standard InChI is InChI=1S/C23H26N6O/c1-5-23(15-8-6-7-14(9-15)18-13-25-28-29(18)4)16-12-24-27-21(16)26-17-10-22(2,3)11-19(30)20(17)23/h6-9,12-13,21,26H,5,10-11H2,1-4H3. The van der Waals surface area contributed by atoms with Gasteiger partial charge in [0.25, 0.3) is 0 Å². The van der Waals surface area contributed by atoms with Crippen LogP contribution in [-0.4, -0.2) is 26.9 Å². The highest BCUT2D eigenvalue weighted by molar-refractivity contribution is 6.01. The summed E-state index contributed by atoms with van der Waals surface area (Å²) < 4.78 is 1.77. The first-order valence-electron chi connectivity index (χ1n) is 10.5. The smallest absolute Gasteiger partial charge is 0.164 e. The molecule has 1 aliphatic carbocycles. The van der Waals surface area contributed by atoms with Crippen LogP contribution in [0.25, 0.3) is 11.3 Å². The van der Waals surface area contributed by atoms with Crippen molar-refractivity contribution in [3.8, 4) is 11.3 Å². The molecule has 30 heavy (non-hydrogen) atoms. The number of hydrogen-bond donors (Lipinski definition) is 1. The topological polar surface area (TPSA) is 84.5 Å². The van der Waals surface area contributed by atoms with Crippen molar-refractivity contribution in [3.63, 3.8) is 0 Å². The average Bonchev–Trinajstić information content (AvgIpc) is 3.34. The number of aromatic nitrogens is 3. The van der Waals surface area contributed by atoms with E-state index in [2.05, 4.69) is 64.8 Å². The first kappa shape index (κ1) is 18.9. The monoisotopic (exact) mass is 402 g/mol. The molecule has 2 aliphatic heterocycles. The highest BCUT2D eigenvalue weighted by Gasteiger charge is 2.52. The molecule has 5 rings (SSSR count). The number of nitrogens with zero attached hydrogens (tertiary/aromatic N) is 5. The lowest BCUT2D eigenvalue weighted by Gasteiger charge is -2.47. The molecule has 154 valence electrons. The van der Waals surface area contributed by atoms with Crippen molar-refractivity contribution in [1.29, 1.82) is 0 Å². The third-order valence-corrected chi connectivity index (χ3v) is 6.68. The summed E-state index contributed by atoms with van der Waals surface area (Å²) in [5.74, 6) is 0.217. The van der Waals surface area contributed by atoms with Gasteiger partial charge in [0.2, 0.25) is 0 Å². The number of fused-ring (bicyclic) bond motifs is 1. The molecule has 0 bridgehead atoms. The van der Waals surface area contributed by atoms with E-state index in [1.54, 1.807) is 10.9 Å². The Bertz CT molecular complexity index is 1140. The number of benzene rings is 1. The third-order valence-electron chi connectivity index (χ3n) is 6.68. The molecule has 1 N–H and O–H groups in total. The molecule has 3 aliphatic rings. The number of hydrogen-bond acceptors (Lipinski definition) is 6. The molecular formula is C23H26N6O. The van der Waals surface area contributed by atoms with Crippen molar-refractivity contribution < 1.29 is 4.79 Å². The third kappa shape index (κ3) is 2.61. The Balaban J connectivity index is 1.75. The molecular weight excluding hydrogens is 376 g/mol. The maximum absolute atomic E-state index is 13.5. The molecule has 0 saturated carbocycles.